The molecule has 30 heavy (non-hydrogen) atoms. The maximum atomic E-state index is 13.0. The summed E-state index contributed by atoms with van der Waals surface area (Å²) >= 11 is 0. The van der Waals surface area contributed by atoms with Gasteiger partial charge in [0.25, 0.3) is 5.91 Å². The van der Waals surface area contributed by atoms with Crippen molar-refractivity contribution in [2.75, 3.05) is 13.2 Å². The van der Waals surface area contributed by atoms with Gasteiger partial charge in [0.15, 0.2) is 11.5 Å². The second kappa shape index (κ2) is 6.24. The molecule has 3 aliphatic carbocycles. The first-order valence-electron chi connectivity index (χ1n) is 10.7. The number of imidazole rings is 1. The van der Waals surface area contributed by atoms with Gasteiger partial charge in [0, 0.05) is 23.6 Å². The quantitative estimate of drug-likeness (QED) is 0.724. The van der Waals surface area contributed by atoms with Gasteiger partial charge < -0.3 is 19.4 Å². The first-order chi connectivity index (χ1) is 14.6. The Morgan fingerprint density at radius 3 is 2.70 bits per heavy atom. The van der Waals surface area contributed by atoms with Crippen LogP contribution in [0.1, 0.15) is 48.3 Å². The molecule has 1 N–H and O–H groups in total. The third-order valence-electron chi connectivity index (χ3n) is 7.11. The third-order valence-corrected chi connectivity index (χ3v) is 7.11. The summed E-state index contributed by atoms with van der Waals surface area (Å²) in [5.74, 6) is 2.48. The van der Waals surface area contributed by atoms with Crippen molar-refractivity contribution in [3.63, 3.8) is 0 Å². The van der Waals surface area contributed by atoms with Crippen molar-refractivity contribution in [1.29, 1.82) is 0 Å². The zero-order valence-electron chi connectivity index (χ0n) is 17.1. The highest BCUT2D eigenvalue weighted by atomic mass is 16.6. The molecule has 1 aliphatic heterocycles. The van der Waals surface area contributed by atoms with Crippen LogP contribution in [0.25, 0.3) is 11.0 Å². The summed E-state index contributed by atoms with van der Waals surface area (Å²) in [4.78, 5) is 18.0. The molecule has 6 heteroatoms. The molecule has 0 atom stereocenters. The van der Waals surface area contributed by atoms with Crippen molar-refractivity contribution >= 4 is 16.9 Å². The van der Waals surface area contributed by atoms with Gasteiger partial charge in [-0.2, -0.15) is 0 Å². The third kappa shape index (κ3) is 2.56. The molecule has 154 valence electrons. The number of aromatic nitrogens is 2. The Kier molecular flexibility index (Phi) is 3.70. The molecule has 3 fully saturated rings. The Bertz CT molecular complexity index is 1160. The van der Waals surface area contributed by atoms with E-state index in [9.17, 15) is 4.79 Å². The average molecular weight is 403 g/mol. The number of carbonyl (C=O) groups excluding carboxylic acids is 1. The highest BCUT2D eigenvalue weighted by Crippen LogP contribution is 2.59. The van der Waals surface area contributed by atoms with Gasteiger partial charge in [-0.3, -0.25) is 4.79 Å². The Labute approximate surface area is 175 Å². The number of amides is 1. The van der Waals surface area contributed by atoms with E-state index >= 15 is 0 Å². The van der Waals surface area contributed by atoms with Gasteiger partial charge in [-0.15, -0.1) is 0 Å². The molecule has 6 nitrogen and oxygen atoms in total. The lowest BCUT2D eigenvalue weighted by atomic mass is 9.49. The standard InChI is InChI=1S/C24H25N3O3/c1-27-18-6-3-2-5-17(18)25-22(27)23-9-4-10-24(14-23,15-23)26-21(28)16-7-8-19-20(13-16)30-12-11-29-19/h2-3,5-8,13H,4,9-12,14-15H2,1H3,(H,26,28). The predicted octanol–water partition coefficient (Wildman–Crippen LogP) is 3.73. The number of rotatable bonds is 3. The van der Waals surface area contributed by atoms with Gasteiger partial charge in [0.2, 0.25) is 0 Å². The smallest absolute Gasteiger partial charge is 0.251 e. The fourth-order valence-electron chi connectivity index (χ4n) is 5.90. The van der Waals surface area contributed by atoms with Crippen molar-refractivity contribution in [1.82, 2.24) is 14.9 Å². The minimum absolute atomic E-state index is 0.0347. The van der Waals surface area contributed by atoms with E-state index in [1.165, 1.54) is 5.52 Å². The van der Waals surface area contributed by atoms with Crippen LogP contribution in [0.3, 0.4) is 0 Å². The van der Waals surface area contributed by atoms with Crippen molar-refractivity contribution < 1.29 is 14.3 Å². The van der Waals surface area contributed by atoms with Crippen LogP contribution in [-0.2, 0) is 12.5 Å². The number of nitrogens with one attached hydrogen (secondary N) is 1. The number of fused-ring (bicyclic) bond motifs is 4. The number of benzene rings is 2. The van der Waals surface area contributed by atoms with Crippen LogP contribution in [0.4, 0.5) is 0 Å². The molecule has 0 spiro atoms. The molecule has 2 aromatic carbocycles. The molecular formula is C24H25N3O3. The summed E-state index contributed by atoms with van der Waals surface area (Å²) in [7, 11) is 2.11. The van der Waals surface area contributed by atoms with E-state index in [4.69, 9.17) is 14.5 Å². The van der Waals surface area contributed by atoms with Crippen molar-refractivity contribution in [3.8, 4) is 11.5 Å². The van der Waals surface area contributed by atoms with Gasteiger partial charge in [0.1, 0.15) is 19.0 Å². The molecular weight excluding hydrogens is 378 g/mol. The summed E-state index contributed by atoms with van der Waals surface area (Å²) in [5.41, 5.74) is 2.77. The Morgan fingerprint density at radius 1 is 1.07 bits per heavy atom. The molecule has 0 unspecified atom stereocenters. The van der Waals surface area contributed by atoms with E-state index in [-0.39, 0.29) is 16.9 Å². The summed E-state index contributed by atoms with van der Waals surface area (Å²) < 4.78 is 13.5. The van der Waals surface area contributed by atoms with E-state index in [0.29, 0.717) is 30.3 Å². The Hall–Kier alpha value is -3.02. The monoisotopic (exact) mass is 403 g/mol. The number of hydrogen-bond donors (Lipinski definition) is 1. The summed E-state index contributed by atoms with van der Waals surface area (Å²) in [6, 6.07) is 13.7. The second-order valence-electron chi connectivity index (χ2n) is 9.06. The Balaban J connectivity index is 1.25. The average Bonchev–Trinajstić information content (AvgIpc) is 3.10. The van der Waals surface area contributed by atoms with Crippen LogP contribution in [-0.4, -0.2) is 34.2 Å². The topological polar surface area (TPSA) is 65.4 Å². The molecule has 1 aromatic heterocycles. The lowest BCUT2D eigenvalue weighted by Gasteiger charge is -2.60. The minimum Gasteiger partial charge on any atom is -0.486 e. The molecule has 3 aromatic rings. The molecule has 3 saturated carbocycles. The number of aryl methyl sites for hydroxylation is 1. The highest BCUT2D eigenvalue weighted by Gasteiger charge is 2.60. The summed E-state index contributed by atoms with van der Waals surface area (Å²) in [6.45, 7) is 1.06. The number of nitrogens with zero attached hydrogens (tertiary/aromatic N) is 2. The zero-order valence-corrected chi connectivity index (χ0v) is 17.1. The molecule has 2 bridgehead atoms. The van der Waals surface area contributed by atoms with E-state index in [1.807, 2.05) is 18.2 Å². The van der Waals surface area contributed by atoms with Gasteiger partial charge in [0.05, 0.1) is 11.0 Å². The fourth-order valence-corrected chi connectivity index (χ4v) is 5.90. The number of para-hydroxylation sites is 2. The van der Waals surface area contributed by atoms with Crippen LogP contribution < -0.4 is 14.8 Å². The fraction of sp³-hybridized carbons (Fsp3) is 0.417. The van der Waals surface area contributed by atoms with Gasteiger partial charge >= 0.3 is 0 Å². The largest absolute Gasteiger partial charge is 0.486 e. The first-order valence-corrected chi connectivity index (χ1v) is 10.7. The molecule has 2 heterocycles. The maximum absolute atomic E-state index is 13.0. The molecule has 4 aliphatic rings. The number of carbonyl (C=O) groups is 1. The second-order valence-corrected chi connectivity index (χ2v) is 9.06. The maximum Gasteiger partial charge on any atom is 0.251 e. The van der Waals surface area contributed by atoms with E-state index < -0.39 is 0 Å². The van der Waals surface area contributed by atoms with Crippen LogP contribution in [0, 0.1) is 0 Å². The molecule has 1 amide bonds. The normalized spacial score (nSPS) is 26.8. The first kappa shape index (κ1) is 17.8. The summed E-state index contributed by atoms with van der Waals surface area (Å²) in [6.07, 6.45) is 5.16. The lowest BCUT2D eigenvalue weighted by Crippen LogP contribution is -2.66. The van der Waals surface area contributed by atoms with Crippen LogP contribution in [0.2, 0.25) is 0 Å². The van der Waals surface area contributed by atoms with Crippen LogP contribution >= 0.6 is 0 Å². The predicted molar refractivity (Wildman–Crippen MR) is 113 cm³/mol. The van der Waals surface area contributed by atoms with Gasteiger partial charge in [-0.05, 0) is 56.0 Å². The highest BCUT2D eigenvalue weighted by molar-refractivity contribution is 5.95. The van der Waals surface area contributed by atoms with Gasteiger partial charge in [-0.1, -0.05) is 18.6 Å². The zero-order chi connectivity index (χ0) is 20.3. The summed E-state index contributed by atoms with van der Waals surface area (Å²) in [5, 5.41) is 3.36. The minimum atomic E-state index is -0.138. The van der Waals surface area contributed by atoms with Crippen molar-refractivity contribution in [2.24, 2.45) is 7.05 Å². The lowest BCUT2D eigenvalue weighted by molar-refractivity contribution is 0.00350. The van der Waals surface area contributed by atoms with E-state index in [2.05, 4.69) is 35.1 Å². The van der Waals surface area contributed by atoms with Crippen molar-refractivity contribution in [3.05, 3.63) is 53.9 Å². The van der Waals surface area contributed by atoms with E-state index in [1.54, 1.807) is 6.07 Å². The van der Waals surface area contributed by atoms with Crippen LogP contribution in [0.15, 0.2) is 42.5 Å². The number of hydrogen-bond acceptors (Lipinski definition) is 4. The van der Waals surface area contributed by atoms with E-state index in [0.717, 1.165) is 43.4 Å². The van der Waals surface area contributed by atoms with Gasteiger partial charge in [-0.25, -0.2) is 4.98 Å². The molecule has 0 radical (unpaired) electrons. The molecule has 7 rings (SSSR count). The van der Waals surface area contributed by atoms with Crippen LogP contribution in [0.5, 0.6) is 11.5 Å². The SMILES string of the molecule is Cn1c(C23CCCC(NC(=O)c4ccc5c(c4)OCCO5)(C2)C3)nc2ccccc21. The Morgan fingerprint density at radius 2 is 1.87 bits per heavy atom. The number of ether oxygens (including phenoxy) is 2. The molecule has 0 saturated heterocycles. The van der Waals surface area contributed by atoms with Crippen molar-refractivity contribution in [2.45, 2.75) is 43.1 Å².